The zero-order chi connectivity index (χ0) is 23.5. The lowest BCUT2D eigenvalue weighted by Crippen LogP contribution is -2.34. The van der Waals surface area contributed by atoms with Crippen molar-refractivity contribution in [2.75, 3.05) is 3.53 Å². The third-order valence-electron chi connectivity index (χ3n) is 5.50. The summed E-state index contributed by atoms with van der Waals surface area (Å²) >= 11 is 5.53. The first-order valence-electron chi connectivity index (χ1n) is 10.3. The number of hydrogen-bond acceptors (Lipinski definition) is 6. The van der Waals surface area contributed by atoms with Crippen LogP contribution in [0.25, 0.3) is 10.9 Å². The van der Waals surface area contributed by atoms with E-state index in [-0.39, 0.29) is 11.9 Å². The molecule has 7 nitrogen and oxygen atoms in total. The minimum Gasteiger partial charge on any atom is -0.323 e. The number of hydrogen-bond donors (Lipinski definition) is 1. The van der Waals surface area contributed by atoms with Crippen LogP contribution in [0.1, 0.15) is 46.0 Å². The molecule has 0 radical (unpaired) electrons. The molecule has 4 aromatic rings. The summed E-state index contributed by atoms with van der Waals surface area (Å²) in [7, 11) is 0. The van der Waals surface area contributed by atoms with Crippen LogP contribution < -0.4 is 3.53 Å². The molecular weight excluding hydrogens is 595 g/mol. The van der Waals surface area contributed by atoms with Crippen molar-refractivity contribution >= 4 is 61.4 Å². The average molecular weight is 617 g/mol. The molecule has 0 aliphatic carbocycles. The van der Waals surface area contributed by atoms with Crippen molar-refractivity contribution < 1.29 is 4.79 Å². The molecule has 0 aliphatic rings. The van der Waals surface area contributed by atoms with Gasteiger partial charge in [-0.3, -0.25) is 9.78 Å². The van der Waals surface area contributed by atoms with Gasteiger partial charge in [0.2, 0.25) is 0 Å². The number of fused-ring (bicyclic) bond motifs is 1. The maximum atomic E-state index is 13.8. The smallest absolute Gasteiger partial charge is 0.254 e. The van der Waals surface area contributed by atoms with Gasteiger partial charge < -0.3 is 8.43 Å². The highest BCUT2D eigenvalue weighted by molar-refractivity contribution is 14.1. The summed E-state index contributed by atoms with van der Waals surface area (Å²) in [6.45, 7) is 6.25. The Morgan fingerprint density at radius 1 is 1.12 bits per heavy atom. The van der Waals surface area contributed by atoms with E-state index in [1.165, 1.54) is 0 Å². The number of amides is 1. The number of anilines is 1. The zero-order valence-corrected chi connectivity index (χ0v) is 22.1. The first-order valence-corrected chi connectivity index (χ1v) is 12.2. The highest BCUT2D eigenvalue weighted by Crippen LogP contribution is 2.26. The van der Waals surface area contributed by atoms with E-state index in [1.807, 2.05) is 51.1 Å². The number of rotatable bonds is 6. The molecule has 0 bridgehead atoms. The van der Waals surface area contributed by atoms with Gasteiger partial charge in [0.1, 0.15) is 11.6 Å². The van der Waals surface area contributed by atoms with Crippen molar-refractivity contribution in [3.05, 3.63) is 87.7 Å². The molecular formula is C24H22BrIN6O. The Hall–Kier alpha value is -2.66. The maximum absolute atomic E-state index is 13.8. The van der Waals surface area contributed by atoms with E-state index in [0.717, 1.165) is 38.0 Å². The fraction of sp³-hybridized carbons (Fsp3) is 0.208. The van der Waals surface area contributed by atoms with Gasteiger partial charge in [0.15, 0.2) is 0 Å². The summed E-state index contributed by atoms with van der Waals surface area (Å²) in [5.41, 5.74) is 4.24. The highest BCUT2D eigenvalue weighted by Gasteiger charge is 2.26. The molecule has 168 valence electrons. The van der Waals surface area contributed by atoms with E-state index in [1.54, 1.807) is 29.6 Å². The highest BCUT2D eigenvalue weighted by atomic mass is 127. The van der Waals surface area contributed by atoms with Crippen LogP contribution in [0.2, 0.25) is 0 Å². The van der Waals surface area contributed by atoms with E-state index in [9.17, 15) is 4.79 Å². The zero-order valence-electron chi connectivity index (χ0n) is 18.4. The summed E-state index contributed by atoms with van der Waals surface area (Å²) in [5.74, 6) is 1.28. The minimum atomic E-state index is -0.343. The fourth-order valence-electron chi connectivity index (χ4n) is 3.62. The van der Waals surface area contributed by atoms with Gasteiger partial charge in [-0.25, -0.2) is 15.0 Å². The molecule has 3 aromatic heterocycles. The van der Waals surface area contributed by atoms with Crippen molar-refractivity contribution in [2.24, 2.45) is 0 Å². The quantitative estimate of drug-likeness (QED) is 0.212. The molecule has 0 saturated carbocycles. The van der Waals surface area contributed by atoms with Gasteiger partial charge >= 0.3 is 0 Å². The molecule has 4 rings (SSSR count). The normalized spacial score (nSPS) is 11.9. The average Bonchev–Trinajstić information content (AvgIpc) is 2.82. The van der Waals surface area contributed by atoms with Crippen LogP contribution in [0.15, 0.2) is 59.5 Å². The number of halogens is 2. The van der Waals surface area contributed by atoms with E-state index >= 15 is 0 Å². The van der Waals surface area contributed by atoms with Crippen LogP contribution in [0.3, 0.4) is 0 Å². The number of benzene rings is 1. The van der Waals surface area contributed by atoms with E-state index in [4.69, 9.17) is 0 Å². The number of nitrogens with zero attached hydrogens (tertiary/aromatic N) is 5. The van der Waals surface area contributed by atoms with Gasteiger partial charge in [-0.2, -0.15) is 0 Å². The first kappa shape index (κ1) is 23.5. The minimum absolute atomic E-state index is 0.116. The van der Waals surface area contributed by atoms with Crippen molar-refractivity contribution in [2.45, 2.75) is 33.4 Å². The standard InChI is InChI=1S/C24H22BrIN6O/c1-14-10-19(25)12-29-21(14)13-32(16(3)23-27-7-4-8-28-23)24(33)17-5-6-20-18(11-17)9-15(2)22(30-20)31-26/h4-12,16H,13H2,1-3H3,(H,30,31). The van der Waals surface area contributed by atoms with E-state index in [2.05, 4.69) is 62.3 Å². The van der Waals surface area contributed by atoms with E-state index in [0.29, 0.717) is 17.9 Å². The predicted molar refractivity (Wildman–Crippen MR) is 141 cm³/mol. The summed E-state index contributed by atoms with van der Waals surface area (Å²) < 4.78 is 3.97. The van der Waals surface area contributed by atoms with Crippen LogP contribution in [0.4, 0.5) is 5.82 Å². The predicted octanol–water partition coefficient (Wildman–Crippen LogP) is 5.96. The first-order chi connectivity index (χ1) is 15.9. The molecule has 0 fully saturated rings. The number of aryl methyl sites for hydroxylation is 2. The van der Waals surface area contributed by atoms with Gasteiger partial charge in [-0.15, -0.1) is 0 Å². The number of aromatic nitrogens is 4. The Morgan fingerprint density at radius 3 is 2.58 bits per heavy atom. The second-order valence-electron chi connectivity index (χ2n) is 7.79. The summed E-state index contributed by atoms with van der Waals surface area (Å²) in [6, 6.07) is 11.0. The Bertz CT molecular complexity index is 1320. The lowest BCUT2D eigenvalue weighted by molar-refractivity contribution is 0.0663. The molecule has 1 aromatic carbocycles. The number of pyridine rings is 2. The van der Waals surface area contributed by atoms with Gasteiger partial charge in [0.25, 0.3) is 5.91 Å². The van der Waals surface area contributed by atoms with Crippen LogP contribution >= 0.6 is 38.8 Å². The number of nitrogens with one attached hydrogen (secondary N) is 1. The van der Waals surface area contributed by atoms with Crippen LogP contribution in [-0.4, -0.2) is 30.7 Å². The van der Waals surface area contributed by atoms with Gasteiger partial charge in [-0.1, -0.05) is 0 Å². The molecule has 9 heteroatoms. The van der Waals surface area contributed by atoms with Crippen molar-refractivity contribution in [3.8, 4) is 0 Å². The number of carbonyl (C=O) groups excluding carboxylic acids is 1. The lowest BCUT2D eigenvalue weighted by Gasteiger charge is -2.29. The molecule has 1 unspecified atom stereocenters. The summed E-state index contributed by atoms with van der Waals surface area (Å²) in [6.07, 6.45) is 5.12. The van der Waals surface area contributed by atoms with Crippen molar-refractivity contribution in [1.82, 2.24) is 24.8 Å². The molecule has 0 aliphatic heterocycles. The van der Waals surface area contributed by atoms with Crippen LogP contribution in [0.5, 0.6) is 0 Å². The lowest BCUT2D eigenvalue weighted by atomic mass is 10.1. The Labute approximate surface area is 214 Å². The molecule has 3 heterocycles. The summed E-state index contributed by atoms with van der Waals surface area (Å²) in [5, 5.41) is 0.912. The Morgan fingerprint density at radius 2 is 1.88 bits per heavy atom. The third kappa shape index (κ3) is 5.14. The van der Waals surface area contributed by atoms with E-state index < -0.39 is 0 Å². The maximum Gasteiger partial charge on any atom is 0.254 e. The van der Waals surface area contributed by atoms with Gasteiger partial charge in [-0.05, 0) is 84.2 Å². The fourth-order valence-corrected chi connectivity index (χ4v) is 4.61. The second kappa shape index (κ2) is 10.1. The van der Waals surface area contributed by atoms with Gasteiger partial charge in [0, 0.05) is 34.0 Å². The Kier molecular flexibility index (Phi) is 7.18. The number of carbonyl (C=O) groups is 1. The van der Waals surface area contributed by atoms with Gasteiger partial charge in [0.05, 0.1) is 46.7 Å². The SMILES string of the molecule is Cc1cc(Br)cnc1CN(C(=O)c1ccc2nc(NI)c(C)cc2c1)C(C)c1ncccn1. The largest absolute Gasteiger partial charge is 0.323 e. The summed E-state index contributed by atoms with van der Waals surface area (Å²) in [4.78, 5) is 33.5. The molecule has 1 N–H and O–H groups in total. The molecule has 1 atom stereocenters. The molecule has 0 spiro atoms. The molecule has 33 heavy (non-hydrogen) atoms. The topological polar surface area (TPSA) is 83.9 Å². The van der Waals surface area contributed by atoms with Crippen molar-refractivity contribution in [3.63, 3.8) is 0 Å². The van der Waals surface area contributed by atoms with Crippen LogP contribution in [-0.2, 0) is 6.54 Å². The monoisotopic (exact) mass is 616 g/mol. The molecule has 1 amide bonds. The second-order valence-corrected chi connectivity index (χ2v) is 9.24. The molecule has 0 saturated heterocycles. The Balaban J connectivity index is 1.74. The van der Waals surface area contributed by atoms with Crippen molar-refractivity contribution in [1.29, 1.82) is 0 Å². The third-order valence-corrected chi connectivity index (χ3v) is 6.45. The van der Waals surface area contributed by atoms with Crippen LogP contribution in [0, 0.1) is 13.8 Å².